The molecule has 2 aromatic rings. The molecule has 0 radical (unpaired) electrons. The minimum atomic E-state index is -0.242. The van der Waals surface area contributed by atoms with Crippen molar-refractivity contribution < 1.29 is 4.79 Å². The van der Waals surface area contributed by atoms with Gasteiger partial charge < -0.3 is 11.1 Å². The first-order chi connectivity index (χ1) is 9.49. The standard InChI is InChI=1S/C16H19N3O/c1-10(2)13-6-4-5-11(3)15(13)19-16(20)14-9-12(17)7-8-18-14/h4-10H,1-3H3,(H2,17,18)(H,19,20). The van der Waals surface area contributed by atoms with Crippen LogP contribution in [0.25, 0.3) is 0 Å². The molecule has 0 aliphatic carbocycles. The number of hydrogen-bond donors (Lipinski definition) is 2. The van der Waals surface area contributed by atoms with Gasteiger partial charge in [0.2, 0.25) is 0 Å². The molecule has 0 aliphatic rings. The summed E-state index contributed by atoms with van der Waals surface area (Å²) in [6.45, 7) is 6.18. The Morgan fingerprint density at radius 3 is 2.70 bits per heavy atom. The number of rotatable bonds is 3. The minimum absolute atomic E-state index is 0.242. The molecule has 0 bridgehead atoms. The third kappa shape index (κ3) is 2.96. The molecule has 4 heteroatoms. The van der Waals surface area contributed by atoms with E-state index in [1.54, 1.807) is 12.1 Å². The zero-order valence-corrected chi connectivity index (χ0v) is 12.0. The van der Waals surface area contributed by atoms with Gasteiger partial charge in [0.25, 0.3) is 5.91 Å². The number of para-hydroxylation sites is 1. The van der Waals surface area contributed by atoms with Crippen molar-refractivity contribution in [1.82, 2.24) is 4.98 Å². The molecule has 104 valence electrons. The molecule has 1 heterocycles. The second-order valence-electron chi connectivity index (χ2n) is 5.12. The van der Waals surface area contributed by atoms with Gasteiger partial charge in [0.15, 0.2) is 0 Å². The van der Waals surface area contributed by atoms with Crippen LogP contribution in [0.1, 0.15) is 41.4 Å². The van der Waals surface area contributed by atoms with E-state index in [1.807, 2.05) is 25.1 Å². The zero-order valence-electron chi connectivity index (χ0n) is 12.0. The van der Waals surface area contributed by atoms with Crippen LogP contribution in [-0.4, -0.2) is 10.9 Å². The summed E-state index contributed by atoms with van der Waals surface area (Å²) in [4.78, 5) is 16.3. The number of nitrogens with zero attached hydrogens (tertiary/aromatic N) is 1. The number of anilines is 2. The lowest BCUT2D eigenvalue weighted by Gasteiger charge is -2.16. The smallest absolute Gasteiger partial charge is 0.274 e. The monoisotopic (exact) mass is 269 g/mol. The van der Waals surface area contributed by atoms with Gasteiger partial charge >= 0.3 is 0 Å². The number of pyridine rings is 1. The van der Waals surface area contributed by atoms with Crippen molar-refractivity contribution >= 4 is 17.3 Å². The summed E-state index contributed by atoms with van der Waals surface area (Å²) in [5.41, 5.74) is 9.53. The Morgan fingerprint density at radius 1 is 1.30 bits per heavy atom. The number of nitrogens with one attached hydrogen (secondary N) is 1. The lowest BCUT2D eigenvalue weighted by Crippen LogP contribution is -2.16. The number of nitrogens with two attached hydrogens (primary N) is 1. The molecule has 3 N–H and O–H groups in total. The van der Waals surface area contributed by atoms with Crippen molar-refractivity contribution in [3.05, 3.63) is 53.3 Å². The molecule has 0 aliphatic heterocycles. The summed E-state index contributed by atoms with van der Waals surface area (Å²) < 4.78 is 0. The summed E-state index contributed by atoms with van der Waals surface area (Å²) in [7, 11) is 0. The van der Waals surface area contributed by atoms with E-state index in [0.29, 0.717) is 17.3 Å². The van der Waals surface area contributed by atoms with E-state index in [0.717, 1.165) is 16.8 Å². The largest absolute Gasteiger partial charge is 0.399 e. The molecule has 0 unspecified atom stereocenters. The van der Waals surface area contributed by atoms with Gasteiger partial charge in [0, 0.05) is 17.6 Å². The van der Waals surface area contributed by atoms with Crippen LogP contribution in [0.4, 0.5) is 11.4 Å². The lowest BCUT2D eigenvalue weighted by atomic mass is 9.98. The second kappa shape index (κ2) is 5.74. The Hall–Kier alpha value is -2.36. The Labute approximate surface area is 119 Å². The van der Waals surface area contributed by atoms with Crippen molar-refractivity contribution in [2.24, 2.45) is 0 Å². The number of hydrogen-bond acceptors (Lipinski definition) is 3. The SMILES string of the molecule is Cc1cccc(C(C)C)c1NC(=O)c1cc(N)ccn1. The Balaban J connectivity index is 2.33. The molecule has 1 aromatic heterocycles. The number of carbonyl (C=O) groups excluding carboxylic acids is 1. The Morgan fingerprint density at radius 2 is 2.05 bits per heavy atom. The van der Waals surface area contributed by atoms with Gasteiger partial charge in [-0.25, -0.2) is 0 Å². The highest BCUT2D eigenvalue weighted by atomic mass is 16.1. The van der Waals surface area contributed by atoms with Crippen molar-refractivity contribution in [3.63, 3.8) is 0 Å². The maximum atomic E-state index is 12.3. The van der Waals surface area contributed by atoms with Gasteiger partial charge in [-0.3, -0.25) is 9.78 Å². The second-order valence-corrected chi connectivity index (χ2v) is 5.12. The van der Waals surface area contributed by atoms with E-state index in [4.69, 9.17) is 5.73 Å². The molecule has 0 atom stereocenters. The van der Waals surface area contributed by atoms with Crippen LogP contribution < -0.4 is 11.1 Å². The predicted molar refractivity (Wildman–Crippen MR) is 81.9 cm³/mol. The van der Waals surface area contributed by atoms with Gasteiger partial charge in [-0.05, 0) is 36.1 Å². The fourth-order valence-corrected chi connectivity index (χ4v) is 2.09. The van der Waals surface area contributed by atoms with Crippen LogP contribution >= 0.6 is 0 Å². The third-order valence-corrected chi connectivity index (χ3v) is 3.18. The molecular weight excluding hydrogens is 250 g/mol. The maximum absolute atomic E-state index is 12.3. The molecule has 0 saturated heterocycles. The fraction of sp³-hybridized carbons (Fsp3) is 0.250. The van der Waals surface area contributed by atoms with Crippen LogP contribution in [0.2, 0.25) is 0 Å². The molecular formula is C16H19N3O. The highest BCUT2D eigenvalue weighted by Gasteiger charge is 2.14. The quantitative estimate of drug-likeness (QED) is 0.897. The van der Waals surface area contributed by atoms with Crippen LogP contribution in [0.5, 0.6) is 0 Å². The van der Waals surface area contributed by atoms with Crippen molar-refractivity contribution in [3.8, 4) is 0 Å². The van der Waals surface area contributed by atoms with Gasteiger partial charge in [0.1, 0.15) is 5.69 Å². The van der Waals surface area contributed by atoms with Gasteiger partial charge in [0.05, 0.1) is 0 Å². The van der Waals surface area contributed by atoms with E-state index in [2.05, 4.69) is 24.1 Å². The molecule has 1 amide bonds. The number of nitrogen functional groups attached to an aromatic ring is 1. The number of benzene rings is 1. The number of amides is 1. The van der Waals surface area contributed by atoms with Gasteiger partial charge in [-0.2, -0.15) is 0 Å². The molecule has 0 saturated carbocycles. The topological polar surface area (TPSA) is 68.0 Å². The average Bonchev–Trinajstić information content (AvgIpc) is 2.40. The summed E-state index contributed by atoms with van der Waals surface area (Å²) in [5.74, 6) is 0.0903. The third-order valence-electron chi connectivity index (χ3n) is 3.18. The van der Waals surface area contributed by atoms with Crippen molar-refractivity contribution in [2.75, 3.05) is 11.1 Å². The number of aryl methyl sites for hydroxylation is 1. The summed E-state index contributed by atoms with van der Waals surface area (Å²) >= 11 is 0. The number of carbonyl (C=O) groups is 1. The first-order valence-electron chi connectivity index (χ1n) is 6.61. The fourth-order valence-electron chi connectivity index (χ4n) is 2.09. The van der Waals surface area contributed by atoms with E-state index in [1.165, 1.54) is 6.20 Å². The van der Waals surface area contributed by atoms with Gasteiger partial charge in [-0.15, -0.1) is 0 Å². The summed E-state index contributed by atoms with van der Waals surface area (Å²) in [6.07, 6.45) is 1.53. The van der Waals surface area contributed by atoms with E-state index in [-0.39, 0.29) is 5.91 Å². The predicted octanol–water partition coefficient (Wildman–Crippen LogP) is 3.35. The molecule has 0 spiro atoms. The van der Waals surface area contributed by atoms with E-state index in [9.17, 15) is 4.79 Å². The molecule has 20 heavy (non-hydrogen) atoms. The summed E-state index contributed by atoms with van der Waals surface area (Å²) in [5, 5.41) is 2.95. The van der Waals surface area contributed by atoms with Gasteiger partial charge in [-0.1, -0.05) is 32.0 Å². The minimum Gasteiger partial charge on any atom is -0.399 e. The number of aromatic nitrogens is 1. The molecule has 1 aromatic carbocycles. The molecule has 4 nitrogen and oxygen atoms in total. The maximum Gasteiger partial charge on any atom is 0.274 e. The first kappa shape index (κ1) is 14.1. The Bertz CT molecular complexity index is 635. The lowest BCUT2D eigenvalue weighted by molar-refractivity contribution is 0.102. The van der Waals surface area contributed by atoms with Crippen LogP contribution in [0.3, 0.4) is 0 Å². The average molecular weight is 269 g/mol. The highest BCUT2D eigenvalue weighted by molar-refractivity contribution is 6.04. The highest BCUT2D eigenvalue weighted by Crippen LogP contribution is 2.27. The normalized spacial score (nSPS) is 10.6. The van der Waals surface area contributed by atoms with Crippen LogP contribution in [0.15, 0.2) is 36.5 Å². The molecule has 0 fully saturated rings. The van der Waals surface area contributed by atoms with Crippen LogP contribution in [-0.2, 0) is 0 Å². The molecule has 2 rings (SSSR count). The van der Waals surface area contributed by atoms with E-state index >= 15 is 0 Å². The van der Waals surface area contributed by atoms with Crippen molar-refractivity contribution in [1.29, 1.82) is 0 Å². The summed E-state index contributed by atoms with van der Waals surface area (Å²) in [6, 6.07) is 9.24. The first-order valence-corrected chi connectivity index (χ1v) is 6.61. The van der Waals surface area contributed by atoms with E-state index < -0.39 is 0 Å². The Kier molecular flexibility index (Phi) is 4.03. The van der Waals surface area contributed by atoms with Crippen molar-refractivity contribution in [2.45, 2.75) is 26.7 Å². The zero-order chi connectivity index (χ0) is 14.7. The van der Waals surface area contributed by atoms with Crippen LogP contribution in [0, 0.1) is 6.92 Å².